The first-order chi connectivity index (χ1) is 32.6. The van der Waals surface area contributed by atoms with Crippen molar-refractivity contribution in [2.75, 3.05) is 4.90 Å². The molecule has 322 valence electrons. The second-order valence-electron chi connectivity index (χ2n) is 19.7. The zero-order chi connectivity index (χ0) is 45.4. The molecule has 2 nitrogen and oxygen atoms in total. The summed E-state index contributed by atoms with van der Waals surface area (Å²) in [6.07, 6.45) is 0. The Bertz CT molecular complexity index is 3700. The topological polar surface area (TPSA) is 16.4 Å². The third-order valence-corrected chi connectivity index (χ3v) is 14.3. The number of hydrogen-bond donors (Lipinski definition) is 0. The van der Waals surface area contributed by atoms with Crippen molar-refractivity contribution in [3.8, 4) is 55.6 Å². The Hall–Kier alpha value is -7.94. The van der Waals surface area contributed by atoms with Crippen molar-refractivity contribution < 1.29 is 4.42 Å². The van der Waals surface area contributed by atoms with Crippen LogP contribution in [0.4, 0.5) is 17.1 Å². The molecule has 0 saturated heterocycles. The van der Waals surface area contributed by atoms with Crippen LogP contribution >= 0.6 is 0 Å². The summed E-state index contributed by atoms with van der Waals surface area (Å²) in [5, 5.41) is 4.62. The number of fused-ring (bicyclic) bond motifs is 7. The lowest BCUT2D eigenvalue weighted by molar-refractivity contribution is 0.590. The van der Waals surface area contributed by atoms with Crippen molar-refractivity contribution >= 4 is 49.8 Å². The van der Waals surface area contributed by atoms with Crippen LogP contribution in [0, 0.1) is 0 Å². The molecule has 11 aromatic rings. The summed E-state index contributed by atoms with van der Waals surface area (Å²) >= 11 is 0. The van der Waals surface area contributed by atoms with Crippen LogP contribution in [0.5, 0.6) is 0 Å². The molecule has 0 fully saturated rings. The molecule has 0 bridgehead atoms. The Morgan fingerprint density at radius 3 is 1.79 bits per heavy atom. The average molecular weight is 862 g/mol. The Morgan fingerprint density at radius 2 is 1.00 bits per heavy atom. The van der Waals surface area contributed by atoms with Crippen LogP contribution in [0.2, 0.25) is 0 Å². The second-order valence-corrected chi connectivity index (χ2v) is 19.7. The van der Waals surface area contributed by atoms with E-state index in [1.807, 2.05) is 6.07 Å². The Labute approximate surface area is 393 Å². The highest BCUT2D eigenvalue weighted by Crippen LogP contribution is 2.53. The van der Waals surface area contributed by atoms with Gasteiger partial charge in [-0.3, -0.25) is 0 Å². The molecule has 0 radical (unpaired) electrons. The molecule has 1 aliphatic carbocycles. The normalized spacial score (nSPS) is 13.0. The third-order valence-electron chi connectivity index (χ3n) is 14.3. The van der Waals surface area contributed by atoms with E-state index in [9.17, 15) is 0 Å². The lowest BCUT2D eigenvalue weighted by Crippen LogP contribution is -2.15. The molecule has 10 aromatic carbocycles. The van der Waals surface area contributed by atoms with E-state index in [2.05, 4.69) is 252 Å². The van der Waals surface area contributed by atoms with E-state index in [0.29, 0.717) is 0 Å². The van der Waals surface area contributed by atoms with Gasteiger partial charge in [0.25, 0.3) is 0 Å². The van der Waals surface area contributed by atoms with Gasteiger partial charge in [-0.1, -0.05) is 211 Å². The molecule has 0 spiro atoms. The Morgan fingerprint density at radius 1 is 0.403 bits per heavy atom. The van der Waals surface area contributed by atoms with E-state index in [1.165, 1.54) is 66.4 Å². The van der Waals surface area contributed by atoms with Crippen LogP contribution < -0.4 is 4.90 Å². The van der Waals surface area contributed by atoms with Crippen molar-refractivity contribution in [3.63, 3.8) is 0 Å². The molecule has 67 heavy (non-hydrogen) atoms. The van der Waals surface area contributed by atoms with Crippen molar-refractivity contribution in [2.45, 2.75) is 45.4 Å². The minimum Gasteiger partial charge on any atom is -0.456 e. The number of benzene rings is 10. The number of anilines is 3. The SMILES string of the molecule is CC(C)(C)c1ccc(-c2ccc(N(c3ccc4c(c3)-c3ccccc3C4(C)C)c3ccc4ccccc4c3-c3ccccc3-c3cccc4oc5ccccc5c34)cc2-c2ccccc2)cc1. The Balaban J connectivity index is 1.15. The second kappa shape index (κ2) is 15.6. The van der Waals surface area contributed by atoms with Crippen LogP contribution in [0.25, 0.3) is 88.3 Å². The van der Waals surface area contributed by atoms with E-state index < -0.39 is 0 Å². The quantitative estimate of drug-likeness (QED) is 0.159. The molecule has 1 aliphatic rings. The molecule has 1 heterocycles. The van der Waals surface area contributed by atoms with Crippen molar-refractivity contribution in [1.29, 1.82) is 0 Å². The van der Waals surface area contributed by atoms with Crippen LogP contribution in [-0.4, -0.2) is 0 Å². The van der Waals surface area contributed by atoms with Crippen LogP contribution in [0.15, 0.2) is 223 Å². The summed E-state index contributed by atoms with van der Waals surface area (Å²) in [6, 6.07) is 80.5. The molecule has 0 amide bonds. The molecule has 2 heteroatoms. The molecule has 0 aliphatic heterocycles. The standard InChI is InChI=1S/C65H51NO/c1-64(2,3)45-33-30-44(31-34-45)48-37-35-46(40-55(48)42-18-7-6-8-19-42)66(47-36-38-58-56(41-47)51-23-13-15-27-57(51)65(58,4)5)59-39-32-43-20-9-10-21-49(43)62(59)52-24-12-11-22-50(52)53-26-17-29-61-63(53)54-25-14-16-28-60(54)67-61/h6-41H,1-5H3. The van der Waals surface area contributed by atoms with Crippen molar-refractivity contribution in [3.05, 3.63) is 235 Å². The highest BCUT2D eigenvalue weighted by atomic mass is 16.3. The van der Waals surface area contributed by atoms with Crippen LogP contribution in [0.1, 0.15) is 51.3 Å². The molecule has 0 N–H and O–H groups in total. The van der Waals surface area contributed by atoms with E-state index in [1.54, 1.807) is 0 Å². The molecule has 0 atom stereocenters. The first-order valence-corrected chi connectivity index (χ1v) is 23.5. The van der Waals surface area contributed by atoms with Crippen LogP contribution in [0.3, 0.4) is 0 Å². The van der Waals surface area contributed by atoms with Crippen molar-refractivity contribution in [1.82, 2.24) is 0 Å². The van der Waals surface area contributed by atoms with E-state index in [-0.39, 0.29) is 10.8 Å². The van der Waals surface area contributed by atoms with Gasteiger partial charge in [0, 0.05) is 33.1 Å². The zero-order valence-electron chi connectivity index (χ0n) is 38.6. The number of rotatable bonds is 7. The van der Waals surface area contributed by atoms with Gasteiger partial charge in [0.05, 0.1) is 5.69 Å². The van der Waals surface area contributed by atoms with E-state index >= 15 is 0 Å². The summed E-state index contributed by atoms with van der Waals surface area (Å²) in [4.78, 5) is 2.51. The average Bonchev–Trinajstić information content (AvgIpc) is 3.86. The molecule has 0 unspecified atom stereocenters. The Kier molecular flexibility index (Phi) is 9.45. The number of furan rings is 1. The van der Waals surface area contributed by atoms with E-state index in [4.69, 9.17) is 4.42 Å². The predicted molar refractivity (Wildman–Crippen MR) is 284 cm³/mol. The fraction of sp³-hybridized carbons (Fsp3) is 0.108. The smallest absolute Gasteiger partial charge is 0.136 e. The first-order valence-electron chi connectivity index (χ1n) is 23.5. The monoisotopic (exact) mass is 861 g/mol. The maximum atomic E-state index is 6.49. The van der Waals surface area contributed by atoms with Gasteiger partial charge >= 0.3 is 0 Å². The maximum Gasteiger partial charge on any atom is 0.136 e. The molecule has 0 saturated carbocycles. The van der Waals surface area contributed by atoms with Gasteiger partial charge in [0.1, 0.15) is 11.2 Å². The largest absolute Gasteiger partial charge is 0.456 e. The molecule has 1 aromatic heterocycles. The number of hydrogen-bond acceptors (Lipinski definition) is 2. The summed E-state index contributed by atoms with van der Waals surface area (Å²) in [5.74, 6) is 0. The van der Waals surface area contributed by atoms with Gasteiger partial charge in [-0.05, 0) is 125 Å². The summed E-state index contributed by atoms with van der Waals surface area (Å²) in [6.45, 7) is 11.5. The fourth-order valence-corrected chi connectivity index (χ4v) is 10.9. The van der Waals surface area contributed by atoms with Gasteiger partial charge in [-0.2, -0.15) is 0 Å². The van der Waals surface area contributed by atoms with Crippen molar-refractivity contribution in [2.24, 2.45) is 0 Å². The van der Waals surface area contributed by atoms with Gasteiger partial charge in [0.15, 0.2) is 0 Å². The summed E-state index contributed by atoms with van der Waals surface area (Å²) in [5.41, 5.74) is 21.0. The fourth-order valence-electron chi connectivity index (χ4n) is 10.9. The minimum absolute atomic E-state index is 0.0613. The third kappa shape index (κ3) is 6.70. The van der Waals surface area contributed by atoms with Gasteiger partial charge in [-0.25, -0.2) is 0 Å². The lowest BCUT2D eigenvalue weighted by Gasteiger charge is -2.31. The van der Waals surface area contributed by atoms with Gasteiger partial charge in [0.2, 0.25) is 0 Å². The van der Waals surface area contributed by atoms with Crippen LogP contribution in [-0.2, 0) is 10.8 Å². The minimum atomic E-state index is -0.120. The first kappa shape index (κ1) is 40.6. The summed E-state index contributed by atoms with van der Waals surface area (Å²) in [7, 11) is 0. The molecule has 12 rings (SSSR count). The zero-order valence-corrected chi connectivity index (χ0v) is 38.6. The number of para-hydroxylation sites is 1. The van der Waals surface area contributed by atoms with Gasteiger partial charge < -0.3 is 9.32 Å². The van der Waals surface area contributed by atoms with Gasteiger partial charge in [-0.15, -0.1) is 0 Å². The predicted octanol–water partition coefficient (Wildman–Crippen LogP) is 18.5. The highest BCUT2D eigenvalue weighted by molar-refractivity contribution is 6.16. The summed E-state index contributed by atoms with van der Waals surface area (Å²) < 4.78 is 6.49. The highest BCUT2D eigenvalue weighted by Gasteiger charge is 2.36. The lowest BCUT2D eigenvalue weighted by atomic mass is 9.82. The van der Waals surface area contributed by atoms with E-state index in [0.717, 1.165) is 55.7 Å². The molecular formula is C65H51NO. The number of nitrogens with zero attached hydrogens (tertiary/aromatic N) is 1. The maximum absolute atomic E-state index is 6.49. The molecular weight excluding hydrogens is 811 g/mol.